The van der Waals surface area contributed by atoms with E-state index in [2.05, 4.69) is 11.8 Å². The molecule has 0 radical (unpaired) electrons. The fraction of sp³-hybridized carbons (Fsp3) is 0.765. The lowest BCUT2D eigenvalue weighted by Crippen LogP contribution is -2.43. The van der Waals surface area contributed by atoms with Crippen LogP contribution in [-0.4, -0.2) is 57.2 Å². The third kappa shape index (κ3) is 4.55. The third-order valence-electron chi connectivity index (χ3n) is 5.43. The molecule has 3 rings (SSSR count). The zero-order valence-electron chi connectivity index (χ0n) is 15.4. The number of nitrogens with zero attached hydrogens (tertiary/aromatic N) is 3. The van der Waals surface area contributed by atoms with Crippen molar-refractivity contribution in [1.29, 1.82) is 0 Å². The van der Waals surface area contributed by atoms with Gasteiger partial charge in [0, 0.05) is 32.0 Å². The smallest absolute Gasteiger partial charge is 0.305 e. The number of likely N-dealkylation sites (tertiary alicyclic amines) is 1. The molecule has 0 bridgehead atoms. The normalized spacial score (nSPS) is 23.3. The minimum absolute atomic E-state index is 0.0753. The molecule has 0 amide bonds. The number of piperidine rings is 2. The molecule has 1 aromatic rings. The molecule has 146 valence electrons. The quantitative estimate of drug-likeness (QED) is 0.557. The van der Waals surface area contributed by atoms with Gasteiger partial charge in [-0.1, -0.05) is 18.3 Å². The van der Waals surface area contributed by atoms with Crippen LogP contribution < -0.4 is 4.90 Å². The highest BCUT2D eigenvalue weighted by Crippen LogP contribution is 2.41. The summed E-state index contributed by atoms with van der Waals surface area (Å²) in [7, 11) is -3.44. The first-order chi connectivity index (χ1) is 12.2. The lowest BCUT2D eigenvalue weighted by molar-refractivity contribution is -0.383. The van der Waals surface area contributed by atoms with E-state index < -0.39 is 14.8 Å². The Morgan fingerprint density at radius 2 is 1.96 bits per heavy atom. The van der Waals surface area contributed by atoms with Crippen LogP contribution in [0.25, 0.3) is 0 Å². The van der Waals surface area contributed by atoms with E-state index in [1.54, 1.807) is 0 Å². The summed E-state index contributed by atoms with van der Waals surface area (Å²) >= 11 is 1.03. The van der Waals surface area contributed by atoms with E-state index in [0.717, 1.165) is 69.1 Å². The number of nitro groups is 1. The summed E-state index contributed by atoms with van der Waals surface area (Å²) < 4.78 is 23.7. The van der Waals surface area contributed by atoms with Gasteiger partial charge in [0.05, 0.1) is 4.92 Å². The highest BCUT2D eigenvalue weighted by atomic mass is 32.2. The second-order valence-corrected chi connectivity index (χ2v) is 11.0. The molecule has 2 fully saturated rings. The molecule has 2 aliphatic heterocycles. The largest absolute Gasteiger partial charge is 0.357 e. The van der Waals surface area contributed by atoms with Crippen LogP contribution in [0.3, 0.4) is 0 Å². The summed E-state index contributed by atoms with van der Waals surface area (Å²) in [4.78, 5) is 15.5. The molecule has 0 N–H and O–H groups in total. The van der Waals surface area contributed by atoms with Crippen molar-refractivity contribution < 1.29 is 13.3 Å². The lowest BCUT2D eigenvalue weighted by Gasteiger charge is -2.38. The number of thiophene rings is 1. The summed E-state index contributed by atoms with van der Waals surface area (Å²) in [5, 5.41) is 11.9. The molecule has 9 heteroatoms. The topological polar surface area (TPSA) is 83.8 Å². The van der Waals surface area contributed by atoms with Gasteiger partial charge in [0.25, 0.3) is 0 Å². The number of rotatable bonds is 5. The van der Waals surface area contributed by atoms with Crippen LogP contribution in [0.2, 0.25) is 0 Å². The molecule has 1 atom stereocenters. The first-order valence-corrected chi connectivity index (χ1v) is 11.9. The molecular weight excluding hydrogens is 374 g/mol. The average molecular weight is 402 g/mol. The van der Waals surface area contributed by atoms with Crippen LogP contribution >= 0.6 is 11.3 Å². The summed E-state index contributed by atoms with van der Waals surface area (Å²) in [5.41, 5.74) is -0.0807. The fourth-order valence-corrected chi connectivity index (χ4v) is 5.96. The second kappa shape index (κ2) is 7.82. The van der Waals surface area contributed by atoms with Crippen molar-refractivity contribution in [2.75, 3.05) is 43.9 Å². The molecule has 2 aliphatic rings. The van der Waals surface area contributed by atoms with Gasteiger partial charge in [-0.05, 0) is 50.6 Å². The molecule has 1 aromatic heterocycles. The zero-order valence-corrected chi connectivity index (χ0v) is 17.0. The Bertz CT molecular complexity index is 754. The molecule has 2 saturated heterocycles. The van der Waals surface area contributed by atoms with Gasteiger partial charge >= 0.3 is 5.69 Å². The fourth-order valence-electron chi connectivity index (χ4n) is 3.90. The van der Waals surface area contributed by atoms with Crippen molar-refractivity contribution in [3.63, 3.8) is 0 Å². The summed E-state index contributed by atoms with van der Waals surface area (Å²) in [6.45, 7) is 7.11. The van der Waals surface area contributed by atoms with E-state index in [-0.39, 0.29) is 9.90 Å². The summed E-state index contributed by atoms with van der Waals surface area (Å²) in [5.74, 6) is 1.28. The molecule has 0 spiro atoms. The van der Waals surface area contributed by atoms with Gasteiger partial charge in [-0.2, -0.15) is 0 Å². The van der Waals surface area contributed by atoms with E-state index in [1.165, 1.54) is 18.9 Å². The molecule has 26 heavy (non-hydrogen) atoms. The Kier molecular flexibility index (Phi) is 5.88. The van der Waals surface area contributed by atoms with Crippen LogP contribution in [0.15, 0.2) is 10.3 Å². The van der Waals surface area contributed by atoms with Crippen molar-refractivity contribution in [3.8, 4) is 0 Å². The lowest BCUT2D eigenvalue weighted by atomic mass is 9.94. The highest BCUT2D eigenvalue weighted by molar-refractivity contribution is 7.92. The number of sulfone groups is 1. The monoisotopic (exact) mass is 401 g/mol. The van der Waals surface area contributed by atoms with Crippen molar-refractivity contribution in [2.24, 2.45) is 11.8 Å². The number of hydrogen-bond donors (Lipinski definition) is 0. The van der Waals surface area contributed by atoms with Crippen molar-refractivity contribution >= 4 is 31.9 Å². The minimum Gasteiger partial charge on any atom is -0.357 e. The van der Waals surface area contributed by atoms with Crippen LogP contribution in [0.5, 0.6) is 0 Å². The highest BCUT2D eigenvalue weighted by Gasteiger charge is 2.31. The van der Waals surface area contributed by atoms with E-state index in [0.29, 0.717) is 10.9 Å². The van der Waals surface area contributed by atoms with E-state index in [1.807, 2.05) is 4.90 Å². The Morgan fingerprint density at radius 3 is 2.58 bits per heavy atom. The first kappa shape index (κ1) is 19.6. The van der Waals surface area contributed by atoms with Gasteiger partial charge in [0.15, 0.2) is 14.8 Å². The molecule has 7 nitrogen and oxygen atoms in total. The molecule has 0 aromatic carbocycles. The molecule has 0 saturated carbocycles. The van der Waals surface area contributed by atoms with Gasteiger partial charge in [-0.3, -0.25) is 10.1 Å². The standard InChI is InChI=1S/C17H27N3O4S2/c1-13-5-8-18(9-6-13)11-14-4-3-7-19(12-14)17-15(20(21)22)10-16(25-17)26(2,23)24/h10,13-14H,3-9,11-12H2,1-2H3. The average Bonchev–Trinajstić information content (AvgIpc) is 3.03. The number of hydrogen-bond acceptors (Lipinski definition) is 7. The van der Waals surface area contributed by atoms with Gasteiger partial charge in [0.2, 0.25) is 0 Å². The van der Waals surface area contributed by atoms with E-state index in [9.17, 15) is 18.5 Å². The SMILES string of the molecule is CC1CCN(CC2CCCN(c3sc(S(C)(=O)=O)cc3[N+](=O)[O-])C2)CC1. The maximum absolute atomic E-state index is 11.8. The zero-order chi connectivity index (χ0) is 18.9. The van der Waals surface area contributed by atoms with E-state index >= 15 is 0 Å². The Hall–Kier alpha value is -1.19. The molecule has 3 heterocycles. The molecular formula is C17H27N3O4S2. The Labute approximate surface area is 159 Å². The van der Waals surface area contributed by atoms with Crippen molar-refractivity contribution in [3.05, 3.63) is 16.2 Å². The van der Waals surface area contributed by atoms with Gasteiger partial charge in [0.1, 0.15) is 4.21 Å². The first-order valence-electron chi connectivity index (χ1n) is 9.19. The van der Waals surface area contributed by atoms with Crippen LogP contribution in [-0.2, 0) is 9.84 Å². The van der Waals surface area contributed by atoms with Crippen molar-refractivity contribution in [2.45, 2.75) is 36.8 Å². The number of anilines is 1. The van der Waals surface area contributed by atoms with Gasteiger partial charge in [-0.15, -0.1) is 0 Å². The summed E-state index contributed by atoms with van der Waals surface area (Å²) in [6, 6.07) is 1.21. The maximum Gasteiger partial charge on any atom is 0.305 e. The minimum atomic E-state index is -3.44. The third-order valence-corrected chi connectivity index (χ3v) is 8.42. The van der Waals surface area contributed by atoms with Crippen LogP contribution in [0.1, 0.15) is 32.6 Å². The van der Waals surface area contributed by atoms with Gasteiger partial charge < -0.3 is 9.80 Å². The maximum atomic E-state index is 11.8. The predicted molar refractivity (Wildman–Crippen MR) is 104 cm³/mol. The Morgan fingerprint density at radius 1 is 1.27 bits per heavy atom. The van der Waals surface area contributed by atoms with Crippen LogP contribution in [0, 0.1) is 22.0 Å². The second-order valence-electron chi connectivity index (χ2n) is 7.72. The van der Waals surface area contributed by atoms with Crippen molar-refractivity contribution in [1.82, 2.24) is 4.90 Å². The van der Waals surface area contributed by atoms with Gasteiger partial charge in [-0.25, -0.2) is 8.42 Å². The van der Waals surface area contributed by atoms with Crippen LogP contribution in [0.4, 0.5) is 10.7 Å². The predicted octanol–water partition coefficient (Wildman–Crippen LogP) is 3.01. The Balaban J connectivity index is 1.73. The molecule has 0 aliphatic carbocycles. The summed E-state index contributed by atoms with van der Waals surface area (Å²) in [6.07, 6.45) is 5.69. The molecule has 1 unspecified atom stereocenters. The van der Waals surface area contributed by atoms with E-state index in [4.69, 9.17) is 0 Å².